The summed E-state index contributed by atoms with van der Waals surface area (Å²) in [5.41, 5.74) is 7.12. The van der Waals surface area contributed by atoms with Gasteiger partial charge in [-0.3, -0.25) is 5.41 Å². The standard InChI is InChI=1S/C20H24N6O2/c1-4-28-15-8-6-12-9-13(5-7-14(12)26-15)17(21)16-18(22)24-11-25-19(16)23-10-20(2,3)27/h5-9,11,21,27H,4,10H2,1-3H3,(H3,22,23,24,25). The molecule has 146 valence electrons. The van der Waals surface area contributed by atoms with Gasteiger partial charge in [0.25, 0.3) is 0 Å². The van der Waals surface area contributed by atoms with Crippen LogP contribution in [0.25, 0.3) is 10.9 Å². The quantitative estimate of drug-likeness (QED) is 0.463. The lowest BCUT2D eigenvalue weighted by Gasteiger charge is -2.20. The average Bonchev–Trinajstić information content (AvgIpc) is 2.65. The van der Waals surface area contributed by atoms with Crippen LogP contribution in [0.2, 0.25) is 0 Å². The van der Waals surface area contributed by atoms with Gasteiger partial charge in [-0.25, -0.2) is 15.0 Å². The van der Waals surface area contributed by atoms with E-state index < -0.39 is 5.60 Å². The summed E-state index contributed by atoms with van der Waals surface area (Å²) < 4.78 is 5.43. The lowest BCUT2D eigenvalue weighted by atomic mass is 10.0. The second-order valence-corrected chi connectivity index (χ2v) is 7.01. The minimum absolute atomic E-state index is 0.187. The van der Waals surface area contributed by atoms with Gasteiger partial charge < -0.3 is 20.9 Å². The number of hydrogen-bond donors (Lipinski definition) is 4. The van der Waals surface area contributed by atoms with Crippen molar-refractivity contribution in [3.8, 4) is 5.88 Å². The molecule has 0 spiro atoms. The van der Waals surface area contributed by atoms with Gasteiger partial charge in [0.1, 0.15) is 18.0 Å². The van der Waals surface area contributed by atoms with E-state index in [-0.39, 0.29) is 18.1 Å². The Morgan fingerprint density at radius 1 is 1.25 bits per heavy atom. The van der Waals surface area contributed by atoms with Crippen LogP contribution < -0.4 is 15.8 Å². The van der Waals surface area contributed by atoms with Crippen molar-refractivity contribution >= 4 is 28.3 Å². The number of pyridine rings is 1. The number of aromatic nitrogens is 3. The van der Waals surface area contributed by atoms with Crippen molar-refractivity contribution in [2.24, 2.45) is 0 Å². The molecule has 0 unspecified atom stereocenters. The number of nitrogens with one attached hydrogen (secondary N) is 2. The van der Waals surface area contributed by atoms with Crippen LogP contribution in [-0.4, -0.2) is 44.5 Å². The minimum Gasteiger partial charge on any atom is -0.478 e. The molecule has 0 saturated carbocycles. The van der Waals surface area contributed by atoms with E-state index in [1.807, 2.05) is 25.1 Å². The lowest BCUT2D eigenvalue weighted by Crippen LogP contribution is -2.30. The Balaban J connectivity index is 1.96. The van der Waals surface area contributed by atoms with E-state index in [0.29, 0.717) is 29.4 Å². The van der Waals surface area contributed by atoms with Crippen molar-refractivity contribution in [1.29, 1.82) is 5.41 Å². The van der Waals surface area contributed by atoms with E-state index in [1.165, 1.54) is 6.33 Å². The topological polar surface area (TPSA) is 130 Å². The number of nitrogen functional groups attached to an aromatic ring is 1. The highest BCUT2D eigenvalue weighted by Gasteiger charge is 2.19. The Hall–Kier alpha value is -3.26. The van der Waals surface area contributed by atoms with Crippen molar-refractivity contribution in [1.82, 2.24) is 15.0 Å². The van der Waals surface area contributed by atoms with Gasteiger partial charge in [0, 0.05) is 23.6 Å². The Morgan fingerprint density at radius 3 is 2.75 bits per heavy atom. The molecule has 0 bridgehead atoms. The van der Waals surface area contributed by atoms with Gasteiger partial charge in [-0.1, -0.05) is 6.07 Å². The first-order valence-corrected chi connectivity index (χ1v) is 8.98. The first kappa shape index (κ1) is 19.5. The van der Waals surface area contributed by atoms with Crippen molar-refractivity contribution in [2.45, 2.75) is 26.4 Å². The second-order valence-electron chi connectivity index (χ2n) is 7.01. The predicted octanol–water partition coefficient (Wildman–Crippen LogP) is 2.60. The highest BCUT2D eigenvalue weighted by atomic mass is 16.5. The number of nitrogens with zero attached hydrogens (tertiary/aromatic N) is 3. The number of ether oxygens (including phenoxy) is 1. The van der Waals surface area contributed by atoms with Crippen LogP contribution in [0.5, 0.6) is 5.88 Å². The van der Waals surface area contributed by atoms with Gasteiger partial charge in [-0.2, -0.15) is 0 Å². The normalized spacial score (nSPS) is 11.4. The molecule has 3 aromatic rings. The molecular weight excluding hydrogens is 356 g/mol. The highest BCUT2D eigenvalue weighted by Crippen LogP contribution is 2.25. The molecule has 0 aliphatic carbocycles. The first-order valence-electron chi connectivity index (χ1n) is 8.98. The third-order valence-corrected chi connectivity index (χ3v) is 4.06. The molecule has 0 aliphatic heterocycles. The number of hydrogen-bond acceptors (Lipinski definition) is 8. The van der Waals surface area contributed by atoms with Crippen LogP contribution in [0, 0.1) is 5.41 Å². The van der Waals surface area contributed by atoms with Crippen molar-refractivity contribution in [3.05, 3.63) is 47.8 Å². The largest absolute Gasteiger partial charge is 0.478 e. The van der Waals surface area contributed by atoms with Crippen LogP contribution in [0.3, 0.4) is 0 Å². The van der Waals surface area contributed by atoms with E-state index in [9.17, 15) is 5.11 Å². The van der Waals surface area contributed by atoms with Gasteiger partial charge in [-0.05, 0) is 39.0 Å². The zero-order chi connectivity index (χ0) is 20.3. The summed E-state index contributed by atoms with van der Waals surface area (Å²) in [5.74, 6) is 1.17. The van der Waals surface area contributed by atoms with E-state index in [4.69, 9.17) is 15.9 Å². The summed E-state index contributed by atoms with van der Waals surface area (Å²) in [6.45, 7) is 6.08. The molecule has 2 aromatic heterocycles. The van der Waals surface area contributed by atoms with Crippen LogP contribution in [0.15, 0.2) is 36.7 Å². The summed E-state index contributed by atoms with van der Waals surface area (Å²) in [4.78, 5) is 12.7. The lowest BCUT2D eigenvalue weighted by molar-refractivity contribution is 0.0944. The summed E-state index contributed by atoms with van der Waals surface area (Å²) in [6, 6.07) is 9.22. The van der Waals surface area contributed by atoms with Gasteiger partial charge in [-0.15, -0.1) is 0 Å². The third-order valence-electron chi connectivity index (χ3n) is 4.06. The van der Waals surface area contributed by atoms with Crippen LogP contribution >= 0.6 is 0 Å². The number of anilines is 2. The Labute approximate surface area is 163 Å². The first-order chi connectivity index (χ1) is 13.3. The van der Waals surface area contributed by atoms with E-state index in [1.54, 1.807) is 26.0 Å². The van der Waals surface area contributed by atoms with Crippen LogP contribution in [-0.2, 0) is 0 Å². The van der Waals surface area contributed by atoms with Gasteiger partial charge in [0.2, 0.25) is 5.88 Å². The SMILES string of the molecule is CCOc1ccc2cc(C(=N)c3c(N)ncnc3NCC(C)(C)O)ccc2n1. The number of benzene rings is 1. The number of aliphatic hydroxyl groups is 1. The predicted molar refractivity (Wildman–Crippen MR) is 110 cm³/mol. The molecule has 3 rings (SSSR count). The molecule has 0 radical (unpaired) electrons. The smallest absolute Gasteiger partial charge is 0.213 e. The van der Waals surface area contributed by atoms with Gasteiger partial charge >= 0.3 is 0 Å². The highest BCUT2D eigenvalue weighted by molar-refractivity contribution is 6.17. The Morgan fingerprint density at radius 2 is 2.04 bits per heavy atom. The molecule has 8 heteroatoms. The zero-order valence-electron chi connectivity index (χ0n) is 16.2. The van der Waals surface area contributed by atoms with E-state index in [0.717, 1.165) is 10.9 Å². The average molecular weight is 380 g/mol. The number of fused-ring (bicyclic) bond motifs is 1. The maximum Gasteiger partial charge on any atom is 0.213 e. The van der Waals surface area contributed by atoms with E-state index >= 15 is 0 Å². The van der Waals surface area contributed by atoms with Crippen LogP contribution in [0.1, 0.15) is 31.9 Å². The van der Waals surface area contributed by atoms with Gasteiger partial charge in [0.05, 0.1) is 29.0 Å². The fourth-order valence-corrected chi connectivity index (χ4v) is 2.71. The molecule has 5 N–H and O–H groups in total. The summed E-state index contributed by atoms with van der Waals surface area (Å²) in [7, 11) is 0. The van der Waals surface area contributed by atoms with Crippen molar-refractivity contribution in [3.63, 3.8) is 0 Å². The second kappa shape index (κ2) is 7.77. The number of nitrogens with two attached hydrogens (primary N) is 1. The molecular formula is C20H24N6O2. The molecule has 0 fully saturated rings. The molecule has 8 nitrogen and oxygen atoms in total. The summed E-state index contributed by atoms with van der Waals surface area (Å²) >= 11 is 0. The summed E-state index contributed by atoms with van der Waals surface area (Å²) in [5, 5.41) is 22.6. The summed E-state index contributed by atoms with van der Waals surface area (Å²) in [6.07, 6.45) is 1.33. The molecule has 2 heterocycles. The number of rotatable bonds is 7. The molecule has 0 saturated heterocycles. The Kier molecular flexibility index (Phi) is 5.41. The minimum atomic E-state index is -0.938. The Bertz CT molecular complexity index is 1010. The fourth-order valence-electron chi connectivity index (χ4n) is 2.71. The zero-order valence-corrected chi connectivity index (χ0v) is 16.2. The van der Waals surface area contributed by atoms with Crippen LogP contribution in [0.4, 0.5) is 11.6 Å². The maximum absolute atomic E-state index is 9.97. The van der Waals surface area contributed by atoms with E-state index in [2.05, 4.69) is 20.3 Å². The molecule has 0 aliphatic rings. The van der Waals surface area contributed by atoms with Crippen molar-refractivity contribution in [2.75, 3.05) is 24.2 Å². The maximum atomic E-state index is 9.97. The monoisotopic (exact) mass is 380 g/mol. The molecule has 28 heavy (non-hydrogen) atoms. The third kappa shape index (κ3) is 4.34. The van der Waals surface area contributed by atoms with Gasteiger partial charge in [0.15, 0.2) is 0 Å². The molecule has 0 amide bonds. The molecule has 1 aromatic carbocycles. The van der Waals surface area contributed by atoms with Crippen molar-refractivity contribution < 1.29 is 9.84 Å². The molecule has 0 atom stereocenters. The fraction of sp³-hybridized carbons (Fsp3) is 0.300.